The van der Waals surface area contributed by atoms with Gasteiger partial charge in [-0.3, -0.25) is 14.5 Å². The lowest BCUT2D eigenvalue weighted by atomic mass is 10.2. The van der Waals surface area contributed by atoms with Gasteiger partial charge < -0.3 is 5.32 Å². The van der Waals surface area contributed by atoms with E-state index in [-0.39, 0.29) is 23.8 Å². The molecule has 0 saturated heterocycles. The molecule has 2 heterocycles. The molecule has 0 fully saturated rings. The summed E-state index contributed by atoms with van der Waals surface area (Å²) in [6.07, 6.45) is 0.890. The Bertz CT molecular complexity index is 919. The summed E-state index contributed by atoms with van der Waals surface area (Å²) in [7, 11) is -3.54. The van der Waals surface area contributed by atoms with Gasteiger partial charge in [-0.1, -0.05) is 12.1 Å². The number of aromatic nitrogens is 1. The van der Waals surface area contributed by atoms with Crippen molar-refractivity contribution in [1.29, 1.82) is 0 Å². The third-order valence-electron chi connectivity index (χ3n) is 3.64. The minimum Gasteiger partial charge on any atom is -0.356 e. The highest BCUT2D eigenvalue weighted by molar-refractivity contribution is 7.90. The van der Waals surface area contributed by atoms with Gasteiger partial charge in [-0.05, 0) is 19.1 Å². The van der Waals surface area contributed by atoms with Crippen LogP contribution in [0.25, 0.3) is 0 Å². The average Bonchev–Trinajstić information content (AvgIpc) is 3.09. The number of hydrogen-bond donors (Lipinski definition) is 2. The number of amides is 1. The summed E-state index contributed by atoms with van der Waals surface area (Å²) < 4.78 is 26.3. The third kappa shape index (κ3) is 4.23. The van der Waals surface area contributed by atoms with Gasteiger partial charge in [0, 0.05) is 30.3 Å². The van der Waals surface area contributed by atoms with Crippen molar-refractivity contribution in [1.82, 2.24) is 15.0 Å². The molecule has 0 bridgehead atoms. The number of amidine groups is 1. The highest BCUT2D eigenvalue weighted by Crippen LogP contribution is 2.22. The van der Waals surface area contributed by atoms with E-state index in [4.69, 9.17) is 0 Å². The Labute approximate surface area is 150 Å². The summed E-state index contributed by atoms with van der Waals surface area (Å²) in [4.78, 5) is 20.6. The minimum atomic E-state index is -3.54. The summed E-state index contributed by atoms with van der Waals surface area (Å²) in [6.45, 7) is 2.68. The maximum Gasteiger partial charge on any atom is 0.263 e. The zero-order chi connectivity index (χ0) is 17.9. The highest BCUT2D eigenvalue weighted by atomic mass is 32.2. The van der Waals surface area contributed by atoms with Crippen molar-refractivity contribution in [2.24, 2.45) is 4.99 Å². The SMILES string of the molecule is Cc1nc(CCNC(=O)CCN=C2NS(=O)(=O)c3ccccc32)cs1. The molecule has 1 aliphatic rings. The van der Waals surface area contributed by atoms with Crippen molar-refractivity contribution in [3.63, 3.8) is 0 Å². The lowest BCUT2D eigenvalue weighted by molar-refractivity contribution is -0.120. The molecule has 0 radical (unpaired) electrons. The molecule has 1 aliphatic heterocycles. The second kappa shape index (κ2) is 7.32. The molecule has 2 N–H and O–H groups in total. The largest absolute Gasteiger partial charge is 0.356 e. The van der Waals surface area contributed by atoms with E-state index in [0.717, 1.165) is 10.7 Å². The van der Waals surface area contributed by atoms with E-state index in [1.54, 1.807) is 29.5 Å². The first-order valence-electron chi connectivity index (χ1n) is 7.80. The predicted octanol–water partition coefficient (Wildman–Crippen LogP) is 1.24. The maximum absolute atomic E-state index is 12.0. The average molecular weight is 378 g/mol. The normalized spacial score (nSPS) is 16.4. The molecule has 132 valence electrons. The molecular weight excluding hydrogens is 360 g/mol. The molecular formula is C16H18N4O3S2. The van der Waals surface area contributed by atoms with Crippen molar-refractivity contribution in [2.45, 2.75) is 24.7 Å². The molecule has 0 saturated carbocycles. The fourth-order valence-corrected chi connectivity index (χ4v) is 4.36. The van der Waals surface area contributed by atoms with Crippen molar-refractivity contribution in [3.8, 4) is 0 Å². The number of aryl methyl sites for hydroxylation is 1. The Morgan fingerprint density at radius 1 is 1.36 bits per heavy atom. The molecule has 1 aromatic heterocycles. The molecule has 0 atom stereocenters. The van der Waals surface area contributed by atoms with Gasteiger partial charge in [-0.15, -0.1) is 11.3 Å². The Morgan fingerprint density at radius 3 is 2.92 bits per heavy atom. The first-order valence-corrected chi connectivity index (χ1v) is 10.2. The van der Waals surface area contributed by atoms with Crippen molar-refractivity contribution in [2.75, 3.05) is 13.1 Å². The predicted molar refractivity (Wildman–Crippen MR) is 96.3 cm³/mol. The van der Waals surface area contributed by atoms with Crippen molar-refractivity contribution >= 4 is 33.1 Å². The number of benzene rings is 1. The van der Waals surface area contributed by atoms with Gasteiger partial charge in [0.1, 0.15) is 5.84 Å². The van der Waals surface area contributed by atoms with Crippen molar-refractivity contribution < 1.29 is 13.2 Å². The van der Waals surface area contributed by atoms with Gasteiger partial charge in [-0.2, -0.15) is 0 Å². The topological polar surface area (TPSA) is 101 Å². The van der Waals surface area contributed by atoms with Gasteiger partial charge >= 0.3 is 0 Å². The van der Waals surface area contributed by atoms with E-state index in [9.17, 15) is 13.2 Å². The lowest BCUT2D eigenvalue weighted by Crippen LogP contribution is -2.27. The molecule has 7 nitrogen and oxygen atoms in total. The third-order valence-corrected chi connectivity index (χ3v) is 5.86. The number of hydrogen-bond acceptors (Lipinski definition) is 6. The van der Waals surface area contributed by atoms with E-state index >= 15 is 0 Å². The molecule has 1 amide bonds. The molecule has 2 aromatic rings. The number of carbonyl (C=O) groups excluding carboxylic acids is 1. The number of thiazole rings is 1. The molecule has 0 spiro atoms. The summed E-state index contributed by atoms with van der Waals surface area (Å²) >= 11 is 1.59. The van der Waals surface area contributed by atoms with E-state index in [0.29, 0.717) is 24.4 Å². The lowest BCUT2D eigenvalue weighted by Gasteiger charge is -2.03. The van der Waals surface area contributed by atoms with Gasteiger partial charge in [-0.25, -0.2) is 13.4 Å². The minimum absolute atomic E-state index is 0.120. The molecule has 25 heavy (non-hydrogen) atoms. The second-order valence-electron chi connectivity index (χ2n) is 5.54. The van der Waals surface area contributed by atoms with Crippen LogP contribution < -0.4 is 10.0 Å². The van der Waals surface area contributed by atoms with E-state index in [1.807, 2.05) is 12.3 Å². The number of fused-ring (bicyclic) bond motifs is 1. The van der Waals surface area contributed by atoms with E-state index in [1.165, 1.54) is 6.07 Å². The van der Waals surface area contributed by atoms with Crippen LogP contribution in [-0.4, -0.2) is 38.2 Å². The van der Waals surface area contributed by atoms with Crippen LogP contribution >= 0.6 is 11.3 Å². The quantitative estimate of drug-likeness (QED) is 0.790. The Kier molecular flexibility index (Phi) is 5.14. The number of carbonyl (C=O) groups is 1. The van der Waals surface area contributed by atoms with Crippen LogP contribution in [0.5, 0.6) is 0 Å². The monoisotopic (exact) mass is 378 g/mol. The van der Waals surface area contributed by atoms with Crippen LogP contribution in [0.15, 0.2) is 39.5 Å². The molecule has 0 aliphatic carbocycles. The number of sulfonamides is 1. The molecule has 3 rings (SSSR count). The smallest absolute Gasteiger partial charge is 0.263 e. The first-order chi connectivity index (χ1) is 12.0. The summed E-state index contributed by atoms with van der Waals surface area (Å²) in [5.74, 6) is 0.173. The van der Waals surface area contributed by atoms with Crippen LogP contribution in [0.4, 0.5) is 0 Å². The van der Waals surface area contributed by atoms with Crippen LogP contribution in [0.3, 0.4) is 0 Å². The maximum atomic E-state index is 12.0. The van der Waals surface area contributed by atoms with Crippen molar-refractivity contribution in [3.05, 3.63) is 45.9 Å². The summed E-state index contributed by atoms with van der Waals surface area (Å²) in [5, 5.41) is 5.81. The highest BCUT2D eigenvalue weighted by Gasteiger charge is 2.29. The standard InChI is InChI=1S/C16H18N4O3S2/c1-11-19-12(10-24-11)6-8-17-15(21)7-9-18-16-13-4-2-3-5-14(13)25(22,23)20-16/h2-5,10H,6-9H2,1H3,(H,17,21)(H,18,20). The number of aliphatic imine (C=N–C) groups is 1. The van der Waals surface area contributed by atoms with Crippen LogP contribution in [0.1, 0.15) is 22.7 Å². The van der Waals surface area contributed by atoms with Crippen LogP contribution in [-0.2, 0) is 21.2 Å². The summed E-state index contributed by atoms with van der Waals surface area (Å²) in [5.41, 5.74) is 1.52. The van der Waals surface area contributed by atoms with E-state index in [2.05, 4.69) is 20.0 Å². The second-order valence-corrected chi connectivity index (χ2v) is 8.25. The zero-order valence-corrected chi connectivity index (χ0v) is 15.3. The number of rotatable bonds is 6. The Hall–Kier alpha value is -2.26. The Morgan fingerprint density at radius 2 is 2.16 bits per heavy atom. The van der Waals surface area contributed by atoms with Gasteiger partial charge in [0.25, 0.3) is 10.0 Å². The first kappa shape index (κ1) is 17.6. The zero-order valence-electron chi connectivity index (χ0n) is 13.7. The molecule has 1 aromatic carbocycles. The van der Waals surface area contributed by atoms with Gasteiger partial charge in [0.2, 0.25) is 5.91 Å². The fourth-order valence-electron chi connectivity index (χ4n) is 2.46. The van der Waals surface area contributed by atoms with Crippen LogP contribution in [0, 0.1) is 6.92 Å². The fraction of sp³-hybridized carbons (Fsp3) is 0.312. The van der Waals surface area contributed by atoms with Crippen LogP contribution in [0.2, 0.25) is 0 Å². The van der Waals surface area contributed by atoms with E-state index < -0.39 is 10.0 Å². The number of nitrogens with one attached hydrogen (secondary N) is 2. The van der Waals surface area contributed by atoms with Gasteiger partial charge in [0.15, 0.2) is 0 Å². The molecule has 9 heteroatoms. The summed E-state index contributed by atoms with van der Waals surface area (Å²) in [6, 6.07) is 6.65. The van der Waals surface area contributed by atoms with Gasteiger partial charge in [0.05, 0.1) is 22.1 Å². The number of nitrogens with zero attached hydrogens (tertiary/aromatic N) is 2. The Balaban J connectivity index is 1.49. The molecule has 0 unspecified atom stereocenters.